The van der Waals surface area contributed by atoms with Crippen molar-refractivity contribution in [2.75, 3.05) is 59.1 Å². The summed E-state index contributed by atoms with van der Waals surface area (Å²) >= 11 is 0. The second-order valence-corrected chi connectivity index (χ2v) is 7.96. The van der Waals surface area contributed by atoms with Crippen molar-refractivity contribution in [2.45, 2.75) is 52.6 Å². The van der Waals surface area contributed by atoms with E-state index in [-0.39, 0.29) is 24.0 Å². The highest BCUT2D eigenvalue weighted by Crippen LogP contribution is 2.20. The Morgan fingerprint density at radius 1 is 1.19 bits per heavy atom. The van der Waals surface area contributed by atoms with Gasteiger partial charge >= 0.3 is 0 Å². The van der Waals surface area contributed by atoms with Gasteiger partial charge in [-0.25, -0.2) is 0 Å². The van der Waals surface area contributed by atoms with Crippen LogP contribution in [0.3, 0.4) is 0 Å². The Balaban J connectivity index is 0.00000364. The largest absolute Gasteiger partial charge is 0.379 e. The zero-order valence-corrected chi connectivity index (χ0v) is 19.9. The Kier molecular flexibility index (Phi) is 13.7. The molecule has 2 fully saturated rings. The highest BCUT2D eigenvalue weighted by molar-refractivity contribution is 14.0. The van der Waals surface area contributed by atoms with Gasteiger partial charge in [0, 0.05) is 45.9 Å². The minimum Gasteiger partial charge on any atom is -0.379 e. The van der Waals surface area contributed by atoms with Crippen LogP contribution in [0.2, 0.25) is 0 Å². The van der Waals surface area contributed by atoms with Gasteiger partial charge in [-0.3, -0.25) is 4.99 Å². The van der Waals surface area contributed by atoms with E-state index in [9.17, 15) is 0 Å². The van der Waals surface area contributed by atoms with Crippen molar-refractivity contribution in [3.05, 3.63) is 0 Å². The van der Waals surface area contributed by atoms with Crippen LogP contribution in [0.25, 0.3) is 0 Å². The molecule has 0 spiro atoms. The lowest BCUT2D eigenvalue weighted by molar-refractivity contribution is 0.0424. The number of nitrogens with one attached hydrogen (secondary N) is 2. The number of rotatable bonds is 10. The zero-order valence-electron chi connectivity index (χ0n) is 17.5. The highest BCUT2D eigenvalue weighted by atomic mass is 127. The van der Waals surface area contributed by atoms with Crippen LogP contribution in [-0.4, -0.2) is 76.1 Å². The number of hydrogen-bond donors (Lipinski definition) is 2. The monoisotopic (exact) mass is 496 g/mol. The number of aliphatic imine (C=N–C) groups is 1. The molecule has 2 aliphatic rings. The van der Waals surface area contributed by atoms with Gasteiger partial charge in [0.25, 0.3) is 0 Å². The smallest absolute Gasteiger partial charge is 0.191 e. The van der Waals surface area contributed by atoms with Crippen molar-refractivity contribution in [2.24, 2.45) is 16.8 Å². The van der Waals surface area contributed by atoms with Gasteiger partial charge < -0.3 is 25.0 Å². The van der Waals surface area contributed by atoms with Gasteiger partial charge in [0.2, 0.25) is 0 Å². The molecule has 0 aromatic rings. The van der Waals surface area contributed by atoms with Crippen LogP contribution in [0.4, 0.5) is 0 Å². The molecule has 2 rings (SSSR count). The number of guanidine groups is 1. The van der Waals surface area contributed by atoms with E-state index in [4.69, 9.17) is 9.47 Å². The van der Waals surface area contributed by atoms with Gasteiger partial charge in [-0.1, -0.05) is 13.8 Å². The van der Waals surface area contributed by atoms with E-state index < -0.39 is 0 Å². The molecule has 3 atom stereocenters. The Morgan fingerprint density at radius 2 is 1.96 bits per heavy atom. The Bertz CT molecular complexity index is 395. The summed E-state index contributed by atoms with van der Waals surface area (Å²) in [4.78, 5) is 7.28. The fraction of sp³-hybridized carbons (Fsp3) is 0.950. The predicted octanol–water partition coefficient (Wildman–Crippen LogP) is 2.72. The van der Waals surface area contributed by atoms with Crippen molar-refractivity contribution in [3.8, 4) is 0 Å². The van der Waals surface area contributed by atoms with E-state index in [0.717, 1.165) is 76.5 Å². The Morgan fingerprint density at radius 3 is 2.63 bits per heavy atom. The van der Waals surface area contributed by atoms with Crippen molar-refractivity contribution < 1.29 is 9.47 Å². The summed E-state index contributed by atoms with van der Waals surface area (Å²) in [5.41, 5.74) is 0. The molecule has 3 unspecified atom stereocenters. The quantitative estimate of drug-likeness (QED) is 0.211. The molecule has 27 heavy (non-hydrogen) atoms. The maximum Gasteiger partial charge on any atom is 0.191 e. The summed E-state index contributed by atoms with van der Waals surface area (Å²) in [5, 5.41) is 6.80. The summed E-state index contributed by atoms with van der Waals surface area (Å²) in [6.45, 7) is 15.6. The molecule has 2 heterocycles. The third kappa shape index (κ3) is 10.9. The third-order valence-electron chi connectivity index (χ3n) is 5.05. The summed E-state index contributed by atoms with van der Waals surface area (Å²) in [6, 6.07) is 0. The minimum absolute atomic E-state index is 0. The molecule has 2 saturated heterocycles. The third-order valence-corrected chi connectivity index (χ3v) is 5.05. The molecule has 0 aromatic heterocycles. The predicted molar refractivity (Wildman–Crippen MR) is 123 cm³/mol. The van der Waals surface area contributed by atoms with Gasteiger partial charge in [0.05, 0.1) is 12.7 Å². The van der Waals surface area contributed by atoms with Gasteiger partial charge in [0.1, 0.15) is 0 Å². The normalized spacial score (nSPS) is 26.6. The lowest BCUT2D eigenvalue weighted by Crippen LogP contribution is -2.41. The van der Waals surface area contributed by atoms with Crippen molar-refractivity contribution in [1.82, 2.24) is 15.5 Å². The molecule has 0 saturated carbocycles. The van der Waals surface area contributed by atoms with Crippen molar-refractivity contribution in [3.63, 3.8) is 0 Å². The van der Waals surface area contributed by atoms with E-state index in [2.05, 4.69) is 41.3 Å². The van der Waals surface area contributed by atoms with Crippen LogP contribution >= 0.6 is 24.0 Å². The number of likely N-dealkylation sites (tertiary alicyclic amines) is 1. The fourth-order valence-corrected chi connectivity index (χ4v) is 3.98. The van der Waals surface area contributed by atoms with Crippen LogP contribution in [-0.2, 0) is 9.47 Å². The van der Waals surface area contributed by atoms with Gasteiger partial charge in [-0.15, -0.1) is 24.0 Å². The first-order valence-corrected chi connectivity index (χ1v) is 10.6. The summed E-state index contributed by atoms with van der Waals surface area (Å²) in [7, 11) is 0. The molecule has 2 N–H and O–H groups in total. The molecule has 2 aliphatic heterocycles. The molecule has 0 radical (unpaired) electrons. The second-order valence-electron chi connectivity index (χ2n) is 7.96. The van der Waals surface area contributed by atoms with Crippen LogP contribution in [0, 0.1) is 11.8 Å². The first-order chi connectivity index (χ1) is 12.7. The molecule has 160 valence electrons. The van der Waals surface area contributed by atoms with Crippen molar-refractivity contribution >= 4 is 29.9 Å². The number of halogens is 1. The Hall–Kier alpha value is -0.120. The van der Waals surface area contributed by atoms with Gasteiger partial charge in [-0.05, 0) is 51.0 Å². The zero-order chi connectivity index (χ0) is 18.6. The topological polar surface area (TPSA) is 58.1 Å². The lowest BCUT2D eigenvalue weighted by atomic mass is 9.92. The number of ether oxygens (including phenoxy) is 2. The SMILES string of the molecule is CCNC(=NCCCOC1CCOC1)NCCCN1CC(C)CC(C)C1.I. The second kappa shape index (κ2) is 14.8. The number of hydrogen-bond acceptors (Lipinski definition) is 4. The molecule has 0 bridgehead atoms. The molecule has 0 aromatic carbocycles. The molecule has 0 aliphatic carbocycles. The van der Waals surface area contributed by atoms with Crippen LogP contribution in [0.5, 0.6) is 0 Å². The number of piperidine rings is 1. The van der Waals surface area contributed by atoms with Gasteiger partial charge in [-0.2, -0.15) is 0 Å². The summed E-state index contributed by atoms with van der Waals surface area (Å²) < 4.78 is 11.1. The first kappa shape index (κ1) is 24.9. The van der Waals surface area contributed by atoms with E-state index in [1.807, 2.05) is 0 Å². The maximum atomic E-state index is 5.79. The van der Waals surface area contributed by atoms with Crippen LogP contribution in [0.15, 0.2) is 4.99 Å². The summed E-state index contributed by atoms with van der Waals surface area (Å²) in [5.74, 6) is 2.60. The van der Waals surface area contributed by atoms with E-state index in [1.165, 1.54) is 26.1 Å². The number of nitrogens with zero attached hydrogens (tertiary/aromatic N) is 2. The highest BCUT2D eigenvalue weighted by Gasteiger charge is 2.21. The lowest BCUT2D eigenvalue weighted by Gasteiger charge is -2.35. The van der Waals surface area contributed by atoms with E-state index >= 15 is 0 Å². The Labute approximate surface area is 183 Å². The summed E-state index contributed by atoms with van der Waals surface area (Å²) in [6.07, 6.45) is 4.82. The average Bonchev–Trinajstić information content (AvgIpc) is 3.11. The van der Waals surface area contributed by atoms with Crippen molar-refractivity contribution in [1.29, 1.82) is 0 Å². The molecular formula is C20H41IN4O2. The standard InChI is InChI=1S/C20H40N4O2.HI/c1-4-21-20(23-9-6-11-26-19-7-12-25-16-19)22-8-5-10-24-14-17(2)13-18(3)15-24;/h17-19H,4-16H2,1-3H3,(H2,21,22,23);1H. The maximum absolute atomic E-state index is 5.79. The molecular weight excluding hydrogens is 455 g/mol. The first-order valence-electron chi connectivity index (χ1n) is 10.6. The molecule has 7 heteroatoms. The van der Waals surface area contributed by atoms with E-state index in [1.54, 1.807) is 0 Å². The molecule has 0 amide bonds. The van der Waals surface area contributed by atoms with Crippen LogP contribution in [0.1, 0.15) is 46.5 Å². The van der Waals surface area contributed by atoms with E-state index in [0.29, 0.717) is 6.10 Å². The average molecular weight is 496 g/mol. The van der Waals surface area contributed by atoms with Gasteiger partial charge in [0.15, 0.2) is 5.96 Å². The molecule has 6 nitrogen and oxygen atoms in total. The van der Waals surface area contributed by atoms with Crippen LogP contribution < -0.4 is 10.6 Å². The fourth-order valence-electron chi connectivity index (χ4n) is 3.98. The minimum atomic E-state index is 0.